The molecule has 0 fully saturated rings. The van der Waals surface area contributed by atoms with Crippen molar-refractivity contribution in [3.05, 3.63) is 28.7 Å². The maximum absolute atomic E-state index is 10.9. The largest absolute Gasteiger partial charge is 0.327 e. The maximum Gasteiger partial charge on any atom is 0.301 e. The Morgan fingerprint density at radius 3 is 2.85 bits per heavy atom. The van der Waals surface area contributed by atoms with Crippen LogP contribution in [-0.2, 0) is 4.79 Å². The lowest BCUT2D eigenvalue weighted by Crippen LogP contribution is -2.10. The Hall–Kier alpha value is -1.54. The van der Waals surface area contributed by atoms with E-state index in [1.54, 1.807) is 0 Å². The van der Waals surface area contributed by atoms with Gasteiger partial charge in [-0.2, -0.15) is 0 Å². The molecule has 5 heteroatoms. The molecule has 13 heavy (non-hydrogen) atoms. The number of hydrogen-bond donors (Lipinski definition) is 2. The fraction of sp³-hybridized carbons (Fsp3) is 0. The van der Waals surface area contributed by atoms with E-state index in [1.165, 1.54) is 18.3 Å². The third-order valence-electron chi connectivity index (χ3n) is 1.20. The average Bonchev–Trinajstić information content (AvgIpc) is 2.09. The van der Waals surface area contributed by atoms with Crippen LogP contribution in [0.15, 0.2) is 23.1 Å². The van der Waals surface area contributed by atoms with Gasteiger partial charge in [-0.3, -0.25) is 9.59 Å². The summed E-state index contributed by atoms with van der Waals surface area (Å²) in [5.74, 6) is 1.79. The fourth-order valence-electron chi connectivity index (χ4n) is 0.694. The zero-order chi connectivity index (χ0) is 9.68. The van der Waals surface area contributed by atoms with Gasteiger partial charge in [0, 0.05) is 34.1 Å². The van der Waals surface area contributed by atoms with E-state index in [4.69, 9.17) is 0 Å². The minimum Gasteiger partial charge on any atom is -0.327 e. The molecule has 1 heterocycles. The molecule has 0 aliphatic carbocycles. The van der Waals surface area contributed by atoms with Crippen molar-refractivity contribution >= 4 is 27.5 Å². The molecule has 1 aromatic rings. The van der Waals surface area contributed by atoms with Crippen molar-refractivity contribution < 1.29 is 4.79 Å². The second-order valence-corrected chi connectivity index (χ2v) is 2.51. The molecule has 1 rings (SSSR count). The first-order chi connectivity index (χ1) is 6.22. The van der Waals surface area contributed by atoms with Crippen LogP contribution in [0.25, 0.3) is 0 Å². The number of carbonyl (C=O) groups excluding carboxylic acids is 1. The van der Waals surface area contributed by atoms with E-state index in [9.17, 15) is 9.59 Å². The predicted molar refractivity (Wildman–Crippen MR) is 52.4 cm³/mol. The monoisotopic (exact) mass is 240 g/mol. The number of nitrogens with one attached hydrogen (secondary N) is 2. The number of amides is 1. The van der Waals surface area contributed by atoms with E-state index < -0.39 is 5.91 Å². The number of hydrogen-bond acceptors (Lipinski definition) is 2. The van der Waals surface area contributed by atoms with Gasteiger partial charge in [0.1, 0.15) is 0 Å². The quantitative estimate of drug-likeness (QED) is 0.710. The van der Waals surface area contributed by atoms with Crippen LogP contribution in [0.5, 0.6) is 0 Å². The smallest absolute Gasteiger partial charge is 0.301 e. The van der Waals surface area contributed by atoms with Gasteiger partial charge in [-0.05, 0) is 10.9 Å². The number of aromatic amines is 1. The summed E-state index contributed by atoms with van der Waals surface area (Å²) in [7, 11) is 0. The molecule has 4 nitrogen and oxygen atoms in total. The summed E-state index contributed by atoms with van der Waals surface area (Å²) < 4.78 is 0. The Bertz CT molecular complexity index is 407. The van der Waals surface area contributed by atoms with E-state index in [1.807, 2.05) is 0 Å². The van der Waals surface area contributed by atoms with Gasteiger partial charge in [0.15, 0.2) is 0 Å². The highest BCUT2D eigenvalue weighted by atomic mass is 79.9. The molecule has 2 N–H and O–H groups in total. The summed E-state index contributed by atoms with van der Waals surface area (Å²) in [6.45, 7) is 0. The molecule has 0 spiro atoms. The lowest BCUT2D eigenvalue weighted by Gasteiger charge is -1.97. The Balaban J connectivity index is 2.73. The van der Waals surface area contributed by atoms with Crippen LogP contribution in [0.2, 0.25) is 0 Å². The molecule has 0 atom stereocenters. The van der Waals surface area contributed by atoms with Crippen molar-refractivity contribution in [1.29, 1.82) is 0 Å². The molecule has 0 saturated heterocycles. The molecule has 0 bridgehead atoms. The van der Waals surface area contributed by atoms with Crippen LogP contribution in [0.3, 0.4) is 0 Å². The van der Waals surface area contributed by atoms with Gasteiger partial charge in [0.25, 0.3) is 0 Å². The standard InChI is InChI=1S/C8H5BrN2O2/c9-4-3-8(13)11-6-1-2-7(12)10-5-6/h1-2,5H,(H,10,12)(H,11,13). The summed E-state index contributed by atoms with van der Waals surface area (Å²) in [6, 6.07) is 2.81. The van der Waals surface area contributed by atoms with Gasteiger partial charge in [-0.15, -0.1) is 0 Å². The van der Waals surface area contributed by atoms with Crippen molar-refractivity contribution in [3.8, 4) is 10.8 Å². The van der Waals surface area contributed by atoms with E-state index in [2.05, 4.69) is 37.0 Å². The Morgan fingerprint density at radius 1 is 1.54 bits per heavy atom. The Labute approximate surface area is 82.5 Å². The van der Waals surface area contributed by atoms with Gasteiger partial charge in [-0.25, -0.2) is 0 Å². The second-order valence-electron chi connectivity index (χ2n) is 2.12. The number of anilines is 1. The third-order valence-corrected chi connectivity index (χ3v) is 1.40. The summed E-state index contributed by atoms with van der Waals surface area (Å²) in [4.78, 5) is 26.2. The molecule has 66 valence electrons. The highest BCUT2D eigenvalue weighted by molar-refractivity contribution is 9.12. The third kappa shape index (κ3) is 3.13. The predicted octanol–water partition coefficient (Wildman–Crippen LogP) is 0.669. The minimum absolute atomic E-state index is 0.218. The fourth-order valence-corrected chi connectivity index (χ4v) is 0.874. The second kappa shape index (κ2) is 4.48. The first-order valence-corrected chi connectivity index (χ1v) is 4.13. The topological polar surface area (TPSA) is 62.0 Å². The Kier molecular flexibility index (Phi) is 3.29. The molecule has 0 aliphatic rings. The van der Waals surface area contributed by atoms with Gasteiger partial charge >= 0.3 is 5.91 Å². The summed E-state index contributed by atoms with van der Waals surface area (Å²) in [5.41, 5.74) is 0.282. The van der Waals surface area contributed by atoms with Crippen LogP contribution < -0.4 is 10.9 Å². The molecule has 0 aliphatic heterocycles. The number of carbonyl (C=O) groups is 1. The van der Waals surface area contributed by atoms with Crippen molar-refractivity contribution in [2.45, 2.75) is 0 Å². The van der Waals surface area contributed by atoms with Crippen LogP contribution in [-0.4, -0.2) is 10.9 Å². The Morgan fingerprint density at radius 2 is 2.31 bits per heavy atom. The molecule has 0 aromatic carbocycles. The first kappa shape index (κ1) is 9.55. The normalized spacial score (nSPS) is 8.38. The first-order valence-electron chi connectivity index (χ1n) is 3.34. The molecular formula is C8H5BrN2O2. The van der Waals surface area contributed by atoms with Crippen LogP contribution in [0.4, 0.5) is 5.69 Å². The minimum atomic E-state index is -0.441. The van der Waals surface area contributed by atoms with Crippen LogP contribution in [0, 0.1) is 10.8 Å². The van der Waals surface area contributed by atoms with Gasteiger partial charge in [-0.1, -0.05) is 0 Å². The van der Waals surface area contributed by atoms with Crippen LogP contribution in [0.1, 0.15) is 0 Å². The van der Waals surface area contributed by atoms with E-state index in [0.717, 1.165) is 0 Å². The summed E-state index contributed by atoms with van der Waals surface area (Å²) in [5, 5.41) is 2.46. The van der Waals surface area contributed by atoms with E-state index >= 15 is 0 Å². The summed E-state index contributed by atoms with van der Waals surface area (Å²) >= 11 is 2.80. The molecule has 0 saturated carbocycles. The highest BCUT2D eigenvalue weighted by Crippen LogP contribution is 1.99. The SMILES string of the molecule is O=C(C#CBr)Nc1ccc(=O)[nH]c1. The van der Waals surface area contributed by atoms with E-state index in [0.29, 0.717) is 5.69 Å². The zero-order valence-corrected chi connectivity index (χ0v) is 8.01. The van der Waals surface area contributed by atoms with Crippen molar-refractivity contribution in [2.75, 3.05) is 5.32 Å². The lowest BCUT2D eigenvalue weighted by atomic mass is 10.4. The number of pyridine rings is 1. The number of H-pyrrole nitrogens is 1. The van der Waals surface area contributed by atoms with Gasteiger partial charge < -0.3 is 10.3 Å². The van der Waals surface area contributed by atoms with Gasteiger partial charge in [0.05, 0.1) is 5.69 Å². The summed E-state index contributed by atoms with van der Waals surface area (Å²) in [6.07, 6.45) is 1.40. The molecular weight excluding hydrogens is 236 g/mol. The van der Waals surface area contributed by atoms with Crippen molar-refractivity contribution in [3.63, 3.8) is 0 Å². The van der Waals surface area contributed by atoms with Crippen molar-refractivity contribution in [2.24, 2.45) is 0 Å². The number of aromatic nitrogens is 1. The van der Waals surface area contributed by atoms with E-state index in [-0.39, 0.29) is 5.56 Å². The molecule has 1 aromatic heterocycles. The molecule has 0 radical (unpaired) electrons. The van der Waals surface area contributed by atoms with Crippen molar-refractivity contribution in [1.82, 2.24) is 4.98 Å². The molecule has 1 amide bonds. The lowest BCUT2D eigenvalue weighted by molar-refractivity contribution is -0.111. The maximum atomic E-state index is 10.9. The van der Waals surface area contributed by atoms with Gasteiger partial charge in [0.2, 0.25) is 5.56 Å². The zero-order valence-electron chi connectivity index (χ0n) is 6.43. The van der Waals surface area contributed by atoms with Crippen LogP contribution >= 0.6 is 15.9 Å². The number of rotatable bonds is 1. The number of halogens is 1. The average molecular weight is 241 g/mol. The molecule has 0 unspecified atom stereocenters. The highest BCUT2D eigenvalue weighted by Gasteiger charge is 1.96.